The van der Waals surface area contributed by atoms with Crippen molar-refractivity contribution in [2.45, 2.75) is 6.92 Å². The minimum atomic E-state index is -0.935. The Balaban J connectivity index is 0. The molecular weight excluding hydrogens is 132 g/mol. The molecule has 0 saturated carbocycles. The standard InChI is InChI=1S/C4H6O2.C3H6O/c1-3(2)4(5)6;1-3-4-2/h1H2,2H3,(H,5,6);3H,1H2,2H3. The van der Waals surface area contributed by atoms with Crippen LogP contribution in [-0.4, -0.2) is 18.2 Å². The first-order valence-electron chi connectivity index (χ1n) is 2.58. The molecule has 0 heterocycles. The first-order valence-corrected chi connectivity index (χ1v) is 2.58. The van der Waals surface area contributed by atoms with Crippen molar-refractivity contribution in [3.8, 4) is 0 Å². The van der Waals surface area contributed by atoms with Crippen LogP contribution in [0.1, 0.15) is 6.92 Å². The van der Waals surface area contributed by atoms with Gasteiger partial charge >= 0.3 is 5.97 Å². The zero-order valence-corrected chi connectivity index (χ0v) is 6.26. The van der Waals surface area contributed by atoms with Crippen molar-refractivity contribution in [1.82, 2.24) is 0 Å². The highest BCUT2D eigenvalue weighted by Crippen LogP contribution is 1.81. The van der Waals surface area contributed by atoms with Gasteiger partial charge in [0.1, 0.15) is 0 Å². The number of aliphatic carboxylic acids is 1. The van der Waals surface area contributed by atoms with Gasteiger partial charge in [-0.3, -0.25) is 0 Å². The Hall–Kier alpha value is -1.25. The van der Waals surface area contributed by atoms with Gasteiger partial charge in [-0.2, -0.15) is 0 Å². The minimum absolute atomic E-state index is 0.176. The largest absolute Gasteiger partial charge is 0.505 e. The Bertz CT molecular complexity index is 115. The van der Waals surface area contributed by atoms with Gasteiger partial charge in [0, 0.05) is 5.57 Å². The predicted molar refractivity (Wildman–Crippen MR) is 39.7 cm³/mol. The fraction of sp³-hybridized carbons (Fsp3) is 0.286. The lowest BCUT2D eigenvalue weighted by Crippen LogP contribution is -1.92. The molecule has 0 amide bonds. The van der Waals surface area contributed by atoms with Gasteiger partial charge in [-0.15, -0.1) is 0 Å². The molecule has 0 radical (unpaired) electrons. The monoisotopic (exact) mass is 144 g/mol. The second-order valence-electron chi connectivity index (χ2n) is 1.49. The summed E-state index contributed by atoms with van der Waals surface area (Å²) in [6.07, 6.45) is 1.38. The van der Waals surface area contributed by atoms with Gasteiger partial charge in [-0.1, -0.05) is 13.2 Å². The zero-order chi connectivity index (χ0) is 8.57. The Labute approximate surface area is 60.6 Å². The first kappa shape index (κ1) is 11.5. The zero-order valence-electron chi connectivity index (χ0n) is 6.26. The average Bonchev–Trinajstić information content (AvgIpc) is 1.89. The van der Waals surface area contributed by atoms with Crippen molar-refractivity contribution in [2.24, 2.45) is 0 Å². The Morgan fingerprint density at radius 2 is 1.90 bits per heavy atom. The van der Waals surface area contributed by atoms with Crippen LogP contribution in [0.5, 0.6) is 0 Å². The van der Waals surface area contributed by atoms with E-state index in [1.165, 1.54) is 13.2 Å². The number of carboxylic acid groups (broad SMARTS) is 1. The third kappa shape index (κ3) is 15.9. The second kappa shape index (κ2) is 7.75. The quantitative estimate of drug-likeness (QED) is 0.471. The average molecular weight is 144 g/mol. The van der Waals surface area contributed by atoms with E-state index in [1.807, 2.05) is 0 Å². The van der Waals surface area contributed by atoms with E-state index in [9.17, 15) is 4.79 Å². The lowest BCUT2D eigenvalue weighted by molar-refractivity contribution is -0.132. The molecule has 0 spiro atoms. The molecule has 0 saturated heterocycles. The van der Waals surface area contributed by atoms with E-state index >= 15 is 0 Å². The van der Waals surface area contributed by atoms with Crippen LogP contribution in [0.15, 0.2) is 25.0 Å². The summed E-state index contributed by atoms with van der Waals surface area (Å²) in [7, 11) is 1.56. The van der Waals surface area contributed by atoms with Crippen molar-refractivity contribution in [1.29, 1.82) is 0 Å². The molecule has 0 unspecified atom stereocenters. The van der Waals surface area contributed by atoms with Crippen LogP contribution in [0, 0.1) is 0 Å². The second-order valence-corrected chi connectivity index (χ2v) is 1.49. The summed E-state index contributed by atoms with van der Waals surface area (Å²) >= 11 is 0. The maximum absolute atomic E-state index is 9.60. The summed E-state index contributed by atoms with van der Waals surface area (Å²) in [5, 5.41) is 7.89. The predicted octanol–water partition coefficient (Wildman–Crippen LogP) is 1.42. The van der Waals surface area contributed by atoms with Gasteiger partial charge in [0.05, 0.1) is 13.4 Å². The van der Waals surface area contributed by atoms with Crippen LogP contribution in [-0.2, 0) is 9.53 Å². The molecule has 1 N–H and O–H groups in total. The summed E-state index contributed by atoms with van der Waals surface area (Å²) in [4.78, 5) is 9.60. The van der Waals surface area contributed by atoms with Crippen molar-refractivity contribution in [3.05, 3.63) is 25.0 Å². The number of methoxy groups -OCH3 is 1. The maximum atomic E-state index is 9.60. The third-order valence-corrected chi connectivity index (χ3v) is 0.532. The summed E-state index contributed by atoms with van der Waals surface area (Å²) in [5.74, 6) is -0.935. The number of carbonyl (C=O) groups is 1. The molecular formula is C7H12O3. The normalized spacial score (nSPS) is 6.60. The van der Waals surface area contributed by atoms with Crippen LogP contribution >= 0.6 is 0 Å². The van der Waals surface area contributed by atoms with Crippen LogP contribution in [0.2, 0.25) is 0 Å². The topological polar surface area (TPSA) is 46.5 Å². The van der Waals surface area contributed by atoms with Gasteiger partial charge in [0.2, 0.25) is 0 Å². The summed E-state index contributed by atoms with van der Waals surface area (Å²) in [6, 6.07) is 0. The molecule has 0 aromatic rings. The number of hydrogen-bond acceptors (Lipinski definition) is 2. The van der Waals surface area contributed by atoms with Crippen LogP contribution < -0.4 is 0 Å². The van der Waals surface area contributed by atoms with E-state index in [-0.39, 0.29) is 5.57 Å². The van der Waals surface area contributed by atoms with E-state index in [1.54, 1.807) is 7.11 Å². The molecule has 0 aliphatic carbocycles. The molecule has 3 heteroatoms. The molecule has 10 heavy (non-hydrogen) atoms. The van der Waals surface area contributed by atoms with Gasteiger partial charge in [0.15, 0.2) is 0 Å². The third-order valence-electron chi connectivity index (χ3n) is 0.532. The fourth-order valence-electron chi connectivity index (χ4n) is 0. The lowest BCUT2D eigenvalue weighted by atomic mass is 10.4. The molecule has 0 aromatic heterocycles. The molecule has 0 fully saturated rings. The fourth-order valence-corrected chi connectivity index (χ4v) is 0. The van der Waals surface area contributed by atoms with Crippen LogP contribution in [0.4, 0.5) is 0 Å². The Kier molecular flexibility index (Phi) is 8.94. The minimum Gasteiger partial charge on any atom is -0.505 e. The van der Waals surface area contributed by atoms with Crippen molar-refractivity contribution in [3.63, 3.8) is 0 Å². The lowest BCUT2D eigenvalue weighted by Gasteiger charge is -1.79. The number of rotatable bonds is 2. The van der Waals surface area contributed by atoms with Gasteiger partial charge in [0.25, 0.3) is 0 Å². The van der Waals surface area contributed by atoms with Gasteiger partial charge in [-0.05, 0) is 6.92 Å². The molecule has 0 aliphatic rings. The van der Waals surface area contributed by atoms with E-state index in [0.29, 0.717) is 0 Å². The molecule has 3 nitrogen and oxygen atoms in total. The van der Waals surface area contributed by atoms with Crippen molar-refractivity contribution in [2.75, 3.05) is 7.11 Å². The van der Waals surface area contributed by atoms with E-state index < -0.39 is 5.97 Å². The Morgan fingerprint density at radius 1 is 1.70 bits per heavy atom. The summed E-state index contributed by atoms with van der Waals surface area (Å²) in [5.41, 5.74) is 0.176. The number of hydrogen-bond donors (Lipinski definition) is 1. The molecule has 0 aromatic carbocycles. The molecule has 0 bridgehead atoms. The molecule has 0 atom stereocenters. The van der Waals surface area contributed by atoms with Gasteiger partial charge in [-0.25, -0.2) is 4.79 Å². The van der Waals surface area contributed by atoms with Crippen LogP contribution in [0.25, 0.3) is 0 Å². The Morgan fingerprint density at radius 3 is 1.90 bits per heavy atom. The smallest absolute Gasteiger partial charge is 0.330 e. The van der Waals surface area contributed by atoms with Crippen molar-refractivity contribution >= 4 is 5.97 Å². The highest BCUT2D eigenvalue weighted by atomic mass is 16.5. The van der Waals surface area contributed by atoms with Crippen LogP contribution in [0.3, 0.4) is 0 Å². The maximum Gasteiger partial charge on any atom is 0.330 e. The summed E-state index contributed by atoms with van der Waals surface area (Å²) in [6.45, 7) is 7.86. The van der Waals surface area contributed by atoms with E-state index in [0.717, 1.165) is 0 Å². The SMILES string of the molecule is C=C(C)C(=O)O.C=COC. The number of ether oxygens (including phenoxy) is 1. The van der Waals surface area contributed by atoms with E-state index in [4.69, 9.17) is 5.11 Å². The van der Waals surface area contributed by atoms with E-state index in [2.05, 4.69) is 17.9 Å². The highest BCUT2D eigenvalue weighted by molar-refractivity contribution is 5.84. The number of carboxylic acids is 1. The molecule has 58 valence electrons. The molecule has 0 aliphatic heterocycles. The first-order chi connectivity index (χ1) is 4.56. The molecule has 0 rings (SSSR count). The van der Waals surface area contributed by atoms with Gasteiger partial charge < -0.3 is 9.84 Å². The highest BCUT2D eigenvalue weighted by Gasteiger charge is 1.90. The van der Waals surface area contributed by atoms with Crippen molar-refractivity contribution < 1.29 is 14.6 Å². The summed E-state index contributed by atoms with van der Waals surface area (Å²) < 4.78 is 4.31.